The van der Waals surface area contributed by atoms with Gasteiger partial charge in [0.25, 0.3) is 0 Å². The maximum Gasteiger partial charge on any atom is 0.335 e. The van der Waals surface area contributed by atoms with E-state index in [0.29, 0.717) is 0 Å². The molecule has 0 radical (unpaired) electrons. The van der Waals surface area contributed by atoms with Crippen molar-refractivity contribution < 1.29 is 13.6 Å². The molecule has 2 saturated heterocycles. The molecule has 2 rings (SSSR count). The van der Waals surface area contributed by atoms with Crippen LogP contribution in [0.3, 0.4) is 0 Å². The third kappa shape index (κ3) is 3.76. The lowest BCUT2D eigenvalue weighted by Gasteiger charge is -2.41. The molecule has 2 aliphatic heterocycles. The van der Waals surface area contributed by atoms with Crippen LogP contribution in [0.25, 0.3) is 0 Å². The van der Waals surface area contributed by atoms with Gasteiger partial charge in [-0.2, -0.15) is 0 Å². The zero-order valence-corrected chi connectivity index (χ0v) is 12.3. The highest BCUT2D eigenvalue weighted by atomic mass is 28.4. The predicted molar refractivity (Wildman–Crippen MR) is 69.4 cm³/mol. The summed E-state index contributed by atoms with van der Waals surface area (Å²) < 4.78 is 18.1. The first-order chi connectivity index (χ1) is 8.11. The van der Waals surface area contributed by atoms with Gasteiger partial charge in [0.05, 0.1) is 18.8 Å². The van der Waals surface area contributed by atoms with Crippen LogP contribution in [0.4, 0.5) is 0 Å². The van der Waals surface area contributed by atoms with Crippen LogP contribution in [0.5, 0.6) is 0 Å². The number of nitrogens with zero attached hydrogens (tertiary/aromatic N) is 1. The lowest BCUT2D eigenvalue weighted by molar-refractivity contribution is -0.0326. The van der Waals surface area contributed by atoms with Crippen LogP contribution in [0, 0.1) is 0 Å². The van der Waals surface area contributed by atoms with Crippen molar-refractivity contribution in [2.75, 3.05) is 32.8 Å². The van der Waals surface area contributed by atoms with Crippen LogP contribution in [-0.2, 0) is 13.6 Å². The zero-order chi connectivity index (χ0) is 12.3. The number of hydrogen-bond donors (Lipinski definition) is 0. The molecule has 3 unspecified atom stereocenters. The number of likely N-dealkylation sites (N-methyl/N-ethyl adjacent to an activating group) is 1. The van der Waals surface area contributed by atoms with E-state index in [1.54, 1.807) is 0 Å². The largest absolute Gasteiger partial charge is 0.390 e. The molecule has 2 bridgehead atoms. The minimum atomic E-state index is -1.96. The predicted octanol–water partition coefficient (Wildman–Crippen LogP) is 1.60. The number of ether oxygens (including phenoxy) is 1. The summed E-state index contributed by atoms with van der Waals surface area (Å²) in [6.45, 7) is 11.2. The summed E-state index contributed by atoms with van der Waals surface area (Å²) in [6, 6.07) is 1.06. The van der Waals surface area contributed by atoms with Crippen LogP contribution < -0.4 is 0 Å². The van der Waals surface area contributed by atoms with Crippen LogP contribution in [-0.4, -0.2) is 58.5 Å². The average Bonchev–Trinajstić information content (AvgIpc) is 2.22. The molecule has 0 amide bonds. The molecule has 2 heterocycles. The molecule has 2 aliphatic rings. The third-order valence-electron chi connectivity index (χ3n) is 3.51. The number of hydrogen-bond acceptors (Lipinski definition) is 4. The van der Waals surface area contributed by atoms with Crippen molar-refractivity contribution in [3.05, 3.63) is 0 Å². The van der Waals surface area contributed by atoms with Crippen molar-refractivity contribution in [2.24, 2.45) is 0 Å². The van der Waals surface area contributed by atoms with E-state index >= 15 is 0 Å². The van der Waals surface area contributed by atoms with E-state index in [1.165, 1.54) is 0 Å². The lowest BCUT2D eigenvalue weighted by atomic mass is 10.3. The summed E-state index contributed by atoms with van der Waals surface area (Å²) in [5.74, 6) is 0. The molecule has 3 atom stereocenters. The Morgan fingerprint density at radius 3 is 2.88 bits per heavy atom. The fraction of sp³-hybridized carbons (Fsp3) is 1.00. The Morgan fingerprint density at radius 2 is 2.12 bits per heavy atom. The Morgan fingerprint density at radius 1 is 1.29 bits per heavy atom. The maximum absolute atomic E-state index is 6.27. The van der Waals surface area contributed by atoms with E-state index in [2.05, 4.69) is 25.3 Å². The molecule has 0 spiro atoms. The van der Waals surface area contributed by atoms with Crippen molar-refractivity contribution >= 4 is 8.56 Å². The fourth-order valence-corrected chi connectivity index (χ4v) is 5.63. The first kappa shape index (κ1) is 13.5. The minimum absolute atomic E-state index is 0.194. The third-order valence-corrected chi connectivity index (χ3v) is 6.51. The molecular formula is C12H25NO3Si. The second kappa shape index (κ2) is 5.80. The van der Waals surface area contributed by atoms with Gasteiger partial charge in [-0.3, -0.25) is 4.90 Å². The summed E-state index contributed by atoms with van der Waals surface area (Å²) in [4.78, 5) is 2.40. The van der Waals surface area contributed by atoms with Gasteiger partial charge in [0.2, 0.25) is 0 Å². The van der Waals surface area contributed by atoms with E-state index in [-0.39, 0.29) is 12.2 Å². The minimum Gasteiger partial charge on any atom is -0.390 e. The normalized spacial score (nSPS) is 41.1. The van der Waals surface area contributed by atoms with E-state index in [1.807, 2.05) is 0 Å². The molecule has 2 fully saturated rings. The zero-order valence-electron chi connectivity index (χ0n) is 11.3. The molecule has 5 heteroatoms. The van der Waals surface area contributed by atoms with Crippen LogP contribution in [0.2, 0.25) is 12.6 Å². The molecule has 4 nitrogen and oxygen atoms in total. The van der Waals surface area contributed by atoms with Crippen molar-refractivity contribution in [3.63, 3.8) is 0 Å². The van der Waals surface area contributed by atoms with Crippen molar-refractivity contribution in [3.8, 4) is 0 Å². The maximum atomic E-state index is 6.27. The lowest BCUT2D eigenvalue weighted by Crippen LogP contribution is -2.54. The van der Waals surface area contributed by atoms with Gasteiger partial charge >= 0.3 is 8.56 Å². The van der Waals surface area contributed by atoms with E-state index in [0.717, 1.165) is 45.3 Å². The first-order valence-electron chi connectivity index (χ1n) is 6.77. The summed E-state index contributed by atoms with van der Waals surface area (Å²) in [6.07, 6.45) is 1.55. The van der Waals surface area contributed by atoms with Crippen LogP contribution >= 0.6 is 0 Å². The Hall–Kier alpha value is 0.0569. The second-order valence-corrected chi connectivity index (χ2v) is 8.57. The van der Waals surface area contributed by atoms with Gasteiger partial charge in [0.1, 0.15) is 0 Å². The smallest absolute Gasteiger partial charge is 0.335 e. The van der Waals surface area contributed by atoms with E-state index in [9.17, 15) is 0 Å². The summed E-state index contributed by atoms with van der Waals surface area (Å²) in [5, 5.41) is 0. The Bertz CT molecular complexity index is 254. The Labute approximate surface area is 105 Å². The van der Waals surface area contributed by atoms with E-state index in [4.69, 9.17) is 13.6 Å². The molecule has 0 aromatic heterocycles. The molecule has 0 N–H and O–H groups in total. The summed E-state index contributed by atoms with van der Waals surface area (Å²) in [5.41, 5.74) is 0. The molecule has 17 heavy (non-hydrogen) atoms. The molecular weight excluding hydrogens is 234 g/mol. The highest BCUT2D eigenvalue weighted by Crippen LogP contribution is 2.24. The summed E-state index contributed by atoms with van der Waals surface area (Å²) in [7, 11) is -1.96. The van der Waals surface area contributed by atoms with Crippen molar-refractivity contribution in [1.82, 2.24) is 4.90 Å². The monoisotopic (exact) mass is 259 g/mol. The van der Waals surface area contributed by atoms with Gasteiger partial charge in [0, 0.05) is 19.7 Å². The molecule has 0 aliphatic carbocycles. The standard InChI is InChI=1S/C12H25NO3Si/c1-4-13-8-11(2)15-17(3)7-5-6-14-10-12(9-13)16-17/h11-12H,4-10H2,1-3H3. The topological polar surface area (TPSA) is 30.9 Å². The van der Waals surface area contributed by atoms with Gasteiger partial charge in [-0.05, 0) is 32.5 Å². The first-order valence-corrected chi connectivity index (χ1v) is 9.29. The molecule has 100 valence electrons. The van der Waals surface area contributed by atoms with Crippen LogP contribution in [0.1, 0.15) is 20.3 Å². The van der Waals surface area contributed by atoms with Crippen molar-refractivity contribution in [1.29, 1.82) is 0 Å². The van der Waals surface area contributed by atoms with Gasteiger partial charge in [-0.25, -0.2) is 0 Å². The van der Waals surface area contributed by atoms with E-state index < -0.39 is 8.56 Å². The Kier molecular flexibility index (Phi) is 4.60. The molecule has 0 saturated carbocycles. The number of rotatable bonds is 1. The van der Waals surface area contributed by atoms with Gasteiger partial charge in [0.15, 0.2) is 0 Å². The second-order valence-electron chi connectivity index (χ2n) is 5.33. The van der Waals surface area contributed by atoms with Crippen molar-refractivity contribution in [2.45, 2.75) is 45.1 Å². The highest BCUT2D eigenvalue weighted by molar-refractivity contribution is 6.66. The fourth-order valence-electron chi connectivity index (χ4n) is 2.78. The van der Waals surface area contributed by atoms with Gasteiger partial charge in [-0.15, -0.1) is 0 Å². The number of fused-ring (bicyclic) bond motifs is 2. The quantitative estimate of drug-likeness (QED) is 0.669. The molecule has 0 aromatic rings. The summed E-state index contributed by atoms with van der Waals surface area (Å²) >= 11 is 0. The van der Waals surface area contributed by atoms with Gasteiger partial charge < -0.3 is 13.6 Å². The van der Waals surface area contributed by atoms with Gasteiger partial charge in [-0.1, -0.05) is 6.92 Å². The molecule has 0 aromatic carbocycles. The Balaban J connectivity index is 2.08. The highest BCUT2D eigenvalue weighted by Gasteiger charge is 2.39. The average molecular weight is 259 g/mol. The SMILES string of the molecule is CCN1CC(C)O[Si]2(C)CCCOCC(C1)O2. The van der Waals surface area contributed by atoms with Crippen LogP contribution in [0.15, 0.2) is 0 Å².